The van der Waals surface area contributed by atoms with Crippen LogP contribution in [0.3, 0.4) is 0 Å². The van der Waals surface area contributed by atoms with Gasteiger partial charge in [-0.2, -0.15) is 4.99 Å². The molecule has 0 spiro atoms. The highest BCUT2D eigenvalue weighted by molar-refractivity contribution is 5.93. The van der Waals surface area contributed by atoms with Gasteiger partial charge < -0.3 is 19.5 Å². The minimum absolute atomic E-state index is 0.117. The number of para-hydroxylation sites is 1. The Morgan fingerprint density at radius 3 is 2.76 bits per heavy atom. The average molecular weight is 350 g/mol. The summed E-state index contributed by atoms with van der Waals surface area (Å²) in [5, 5.41) is 9.01. The predicted octanol–water partition coefficient (Wildman–Crippen LogP) is 2.48. The molecule has 0 radical (unpaired) electrons. The molecule has 1 N–H and O–H groups in total. The number of aliphatic hydroxyl groups excluding tert-OH is 1. The lowest BCUT2D eigenvalue weighted by molar-refractivity contribution is -0.182. The number of ether oxygens (including phenoxy) is 2. The minimum Gasteiger partial charge on any atom is -0.438 e. The van der Waals surface area contributed by atoms with E-state index in [1.165, 1.54) is 6.08 Å². The van der Waals surface area contributed by atoms with Gasteiger partial charge in [-0.25, -0.2) is 4.39 Å². The highest BCUT2D eigenvalue weighted by Crippen LogP contribution is 2.32. The second-order valence-electron chi connectivity index (χ2n) is 6.03. The number of alkyl halides is 1. The molecule has 1 fully saturated rings. The molecule has 7 heteroatoms. The second kappa shape index (κ2) is 8.22. The van der Waals surface area contributed by atoms with Crippen LogP contribution in [0.1, 0.15) is 24.0 Å². The van der Waals surface area contributed by atoms with Crippen LogP contribution >= 0.6 is 0 Å². The van der Waals surface area contributed by atoms with Gasteiger partial charge in [0.05, 0.1) is 0 Å². The molecule has 136 valence electrons. The molecule has 1 saturated heterocycles. The van der Waals surface area contributed by atoms with Crippen molar-refractivity contribution >= 4 is 12.3 Å². The van der Waals surface area contributed by atoms with Gasteiger partial charge in [-0.05, 0) is 31.4 Å². The predicted molar refractivity (Wildman–Crippen MR) is 92.0 cm³/mol. The molecule has 1 aromatic rings. The van der Waals surface area contributed by atoms with E-state index in [4.69, 9.17) is 14.6 Å². The Labute approximate surface area is 146 Å². The minimum atomic E-state index is -2.00. The van der Waals surface area contributed by atoms with Crippen molar-refractivity contribution < 1.29 is 23.8 Å². The Bertz CT molecular complexity index is 657. The number of benzene rings is 1. The van der Waals surface area contributed by atoms with Gasteiger partial charge in [-0.1, -0.05) is 18.2 Å². The van der Waals surface area contributed by atoms with E-state index >= 15 is 0 Å². The summed E-state index contributed by atoms with van der Waals surface area (Å²) in [7, 11) is 1.71. The molecular formula is C18H23FN2O4. The summed E-state index contributed by atoms with van der Waals surface area (Å²) in [5.41, 5.74) is 1.84. The first-order chi connectivity index (χ1) is 11.9. The van der Waals surface area contributed by atoms with Gasteiger partial charge in [0, 0.05) is 25.7 Å². The third kappa shape index (κ3) is 4.87. The Hall–Kier alpha value is -2.25. The lowest BCUT2D eigenvalue weighted by Crippen LogP contribution is -2.33. The third-order valence-electron chi connectivity index (χ3n) is 4.05. The van der Waals surface area contributed by atoms with Crippen LogP contribution in [0.2, 0.25) is 0 Å². The quantitative estimate of drug-likeness (QED) is 0.485. The van der Waals surface area contributed by atoms with E-state index in [0.29, 0.717) is 18.6 Å². The van der Waals surface area contributed by atoms with Gasteiger partial charge >= 0.3 is 0 Å². The van der Waals surface area contributed by atoms with Crippen molar-refractivity contribution in [2.75, 3.05) is 13.7 Å². The summed E-state index contributed by atoms with van der Waals surface area (Å²) < 4.78 is 24.9. The van der Waals surface area contributed by atoms with Crippen LogP contribution in [0.25, 0.3) is 0 Å². The molecule has 25 heavy (non-hydrogen) atoms. The van der Waals surface area contributed by atoms with Crippen LogP contribution in [-0.2, 0) is 9.53 Å². The Kier molecular flexibility index (Phi) is 6.27. The monoisotopic (exact) mass is 350 g/mol. The molecule has 1 aromatic carbocycles. The van der Waals surface area contributed by atoms with E-state index in [9.17, 15) is 9.18 Å². The Morgan fingerprint density at radius 1 is 1.52 bits per heavy atom. The summed E-state index contributed by atoms with van der Waals surface area (Å²) in [4.78, 5) is 16.1. The molecule has 0 aliphatic carbocycles. The van der Waals surface area contributed by atoms with E-state index in [1.54, 1.807) is 18.1 Å². The first-order valence-corrected chi connectivity index (χ1v) is 8.02. The molecule has 1 aliphatic rings. The number of aryl methyl sites for hydroxylation is 2. The number of halogens is 1. The summed E-state index contributed by atoms with van der Waals surface area (Å²) in [5.74, 6) is -1.25. The first-order valence-electron chi connectivity index (χ1n) is 8.02. The lowest BCUT2D eigenvalue weighted by Gasteiger charge is -2.24. The number of carbonyl (C=O) groups excluding carboxylic acids is 1. The van der Waals surface area contributed by atoms with Crippen LogP contribution in [0.4, 0.5) is 4.39 Å². The highest BCUT2D eigenvalue weighted by Gasteiger charge is 2.41. The van der Waals surface area contributed by atoms with E-state index in [-0.39, 0.29) is 12.3 Å². The second-order valence-corrected chi connectivity index (χ2v) is 6.03. The van der Waals surface area contributed by atoms with Crippen LogP contribution in [0.5, 0.6) is 5.75 Å². The molecule has 2 atom stereocenters. The van der Waals surface area contributed by atoms with Gasteiger partial charge in [0.1, 0.15) is 18.6 Å². The summed E-state index contributed by atoms with van der Waals surface area (Å²) in [6.07, 6.45) is 3.57. The van der Waals surface area contributed by atoms with Crippen LogP contribution in [-0.4, -0.2) is 48.1 Å². The molecule has 0 saturated carbocycles. The van der Waals surface area contributed by atoms with E-state index in [1.807, 2.05) is 32.0 Å². The van der Waals surface area contributed by atoms with Gasteiger partial charge in [-0.15, -0.1) is 0 Å². The molecule has 1 aliphatic heterocycles. The van der Waals surface area contributed by atoms with Gasteiger partial charge in [0.25, 0.3) is 0 Å². The van der Waals surface area contributed by atoms with E-state index in [2.05, 4.69) is 4.99 Å². The van der Waals surface area contributed by atoms with Crippen molar-refractivity contribution in [1.29, 1.82) is 0 Å². The summed E-state index contributed by atoms with van der Waals surface area (Å²) in [6.45, 7) is 3.13. The standard InChI is InChI=1S/C18H23FN2O4/c1-13-5-4-6-14(2)17(13)24-15(20-12-23)8-10-21(3)16-7-9-18(19,11-22)25-16/h4-6,8,10,12,16,22H,7,9,11H2,1-3H3/b10-8-,20-15?. The number of aliphatic imine (C=N–C) groups is 1. The largest absolute Gasteiger partial charge is 0.438 e. The molecule has 2 unspecified atom stereocenters. The fourth-order valence-corrected chi connectivity index (χ4v) is 2.60. The number of carbonyl (C=O) groups is 1. The van der Waals surface area contributed by atoms with Crippen molar-refractivity contribution in [3.63, 3.8) is 0 Å². The van der Waals surface area contributed by atoms with Crippen molar-refractivity contribution in [2.24, 2.45) is 4.99 Å². The first kappa shape index (κ1) is 19.1. The molecule has 0 aromatic heterocycles. The molecule has 1 amide bonds. The normalized spacial score (nSPS) is 23.9. The molecular weight excluding hydrogens is 327 g/mol. The number of hydrogen-bond acceptors (Lipinski definition) is 5. The zero-order valence-corrected chi connectivity index (χ0v) is 14.6. The Morgan fingerprint density at radius 2 is 2.20 bits per heavy atom. The topological polar surface area (TPSA) is 71.4 Å². The van der Waals surface area contributed by atoms with Crippen molar-refractivity contribution in [3.05, 3.63) is 41.6 Å². The van der Waals surface area contributed by atoms with Crippen molar-refractivity contribution in [1.82, 2.24) is 4.90 Å². The van der Waals surface area contributed by atoms with E-state index < -0.39 is 18.7 Å². The van der Waals surface area contributed by atoms with Gasteiger partial charge in [-0.3, -0.25) is 4.79 Å². The van der Waals surface area contributed by atoms with Crippen LogP contribution in [0, 0.1) is 13.8 Å². The van der Waals surface area contributed by atoms with E-state index in [0.717, 1.165) is 11.1 Å². The molecule has 0 bridgehead atoms. The Balaban J connectivity index is 2.08. The number of hydrogen-bond donors (Lipinski definition) is 1. The third-order valence-corrected chi connectivity index (χ3v) is 4.05. The number of rotatable bonds is 6. The average Bonchev–Trinajstić information content (AvgIpc) is 2.99. The number of nitrogens with zero attached hydrogens (tertiary/aromatic N) is 2. The van der Waals surface area contributed by atoms with Crippen molar-refractivity contribution in [2.45, 2.75) is 38.8 Å². The maximum absolute atomic E-state index is 13.9. The zero-order valence-electron chi connectivity index (χ0n) is 14.6. The maximum Gasteiger partial charge on any atom is 0.236 e. The molecule has 2 rings (SSSR count). The number of aliphatic hydroxyl groups is 1. The molecule has 1 heterocycles. The van der Waals surface area contributed by atoms with Gasteiger partial charge in [0.15, 0.2) is 0 Å². The van der Waals surface area contributed by atoms with Gasteiger partial charge in [0.2, 0.25) is 18.2 Å². The molecule has 6 nitrogen and oxygen atoms in total. The lowest BCUT2D eigenvalue weighted by atomic mass is 10.1. The van der Waals surface area contributed by atoms with Crippen LogP contribution in [0.15, 0.2) is 35.5 Å². The van der Waals surface area contributed by atoms with Crippen molar-refractivity contribution in [3.8, 4) is 5.75 Å². The highest BCUT2D eigenvalue weighted by atomic mass is 19.2. The fourth-order valence-electron chi connectivity index (χ4n) is 2.60. The summed E-state index contributed by atoms with van der Waals surface area (Å²) in [6, 6.07) is 5.72. The fraction of sp³-hybridized carbons (Fsp3) is 0.444. The maximum atomic E-state index is 13.9. The number of amides is 1. The SMILES string of the molecule is Cc1cccc(C)c1OC(/C=C\N(C)C1CCC(F)(CO)O1)=NC=O. The summed E-state index contributed by atoms with van der Waals surface area (Å²) >= 11 is 0. The van der Waals surface area contributed by atoms with Crippen LogP contribution < -0.4 is 4.74 Å². The zero-order chi connectivity index (χ0) is 18.4. The smallest absolute Gasteiger partial charge is 0.236 e.